The SMILES string of the molecule is CC(=O)Nc1cccc(Nc2ncnc(N3CCc4nc(-c5cccnc5)ccc4C3)n2)c1C. The molecule has 0 fully saturated rings. The van der Waals surface area contributed by atoms with Crippen LogP contribution in [0.2, 0.25) is 0 Å². The number of aromatic nitrogens is 5. The number of carbonyl (C=O) groups is 1. The van der Waals surface area contributed by atoms with Gasteiger partial charge < -0.3 is 15.5 Å². The van der Waals surface area contributed by atoms with Gasteiger partial charge in [-0.05, 0) is 48.4 Å². The largest absolute Gasteiger partial charge is 0.336 e. The van der Waals surface area contributed by atoms with Crippen LogP contribution in [0.1, 0.15) is 23.7 Å². The number of benzene rings is 1. The maximum absolute atomic E-state index is 11.5. The van der Waals surface area contributed by atoms with Gasteiger partial charge in [-0.25, -0.2) is 9.97 Å². The number of anilines is 4. The third kappa shape index (κ3) is 4.54. The van der Waals surface area contributed by atoms with Crippen LogP contribution in [0, 0.1) is 6.92 Å². The maximum Gasteiger partial charge on any atom is 0.232 e. The van der Waals surface area contributed by atoms with Gasteiger partial charge in [0, 0.05) is 61.5 Å². The summed E-state index contributed by atoms with van der Waals surface area (Å²) in [7, 11) is 0. The highest BCUT2D eigenvalue weighted by Crippen LogP contribution is 2.27. The molecule has 0 saturated carbocycles. The van der Waals surface area contributed by atoms with Crippen molar-refractivity contribution < 1.29 is 4.79 Å². The molecule has 0 radical (unpaired) electrons. The Morgan fingerprint density at radius 1 is 1.03 bits per heavy atom. The first-order valence-electron chi connectivity index (χ1n) is 11.0. The highest BCUT2D eigenvalue weighted by molar-refractivity contribution is 5.90. The molecule has 5 rings (SSSR count). The Hall–Kier alpha value is -4.40. The minimum absolute atomic E-state index is 0.116. The Bertz CT molecular complexity index is 1340. The maximum atomic E-state index is 11.5. The Kier molecular flexibility index (Phi) is 5.82. The second-order valence-electron chi connectivity index (χ2n) is 8.11. The summed E-state index contributed by atoms with van der Waals surface area (Å²) in [4.78, 5) is 36.0. The molecule has 1 amide bonds. The molecule has 0 unspecified atom stereocenters. The highest BCUT2D eigenvalue weighted by atomic mass is 16.1. The monoisotopic (exact) mass is 452 g/mol. The van der Waals surface area contributed by atoms with Gasteiger partial charge in [0.05, 0.1) is 5.69 Å². The van der Waals surface area contributed by atoms with E-state index in [-0.39, 0.29) is 5.91 Å². The summed E-state index contributed by atoms with van der Waals surface area (Å²) < 4.78 is 0. The molecule has 0 atom stereocenters. The molecule has 1 aliphatic heterocycles. The lowest BCUT2D eigenvalue weighted by molar-refractivity contribution is -0.114. The Balaban J connectivity index is 1.34. The van der Waals surface area contributed by atoms with Crippen molar-refractivity contribution >= 4 is 29.2 Å². The number of nitrogens with one attached hydrogen (secondary N) is 2. The summed E-state index contributed by atoms with van der Waals surface area (Å²) >= 11 is 0. The standard InChI is InChI=1S/C25H24N8O/c1-16-20(29-17(2)34)6-3-7-21(16)31-24-27-15-28-25(32-24)33-12-10-23-19(14-33)8-9-22(30-23)18-5-4-11-26-13-18/h3-9,11,13,15H,10,12,14H2,1-2H3,(H,29,34)(H,27,28,31,32). The molecule has 4 aromatic rings. The van der Waals surface area contributed by atoms with E-state index in [0.717, 1.165) is 52.4 Å². The van der Waals surface area contributed by atoms with E-state index >= 15 is 0 Å². The van der Waals surface area contributed by atoms with E-state index < -0.39 is 0 Å². The molecule has 0 saturated heterocycles. The normalized spacial score (nSPS) is 12.7. The second-order valence-corrected chi connectivity index (χ2v) is 8.11. The molecule has 1 aromatic carbocycles. The fraction of sp³-hybridized carbons (Fsp3) is 0.200. The van der Waals surface area contributed by atoms with Crippen LogP contribution >= 0.6 is 0 Å². The molecule has 9 heteroatoms. The van der Waals surface area contributed by atoms with E-state index in [4.69, 9.17) is 4.98 Å². The molecule has 0 aliphatic carbocycles. The molecular weight excluding hydrogens is 428 g/mol. The zero-order valence-corrected chi connectivity index (χ0v) is 19.0. The van der Waals surface area contributed by atoms with Crippen LogP contribution in [0.3, 0.4) is 0 Å². The summed E-state index contributed by atoms with van der Waals surface area (Å²) in [5, 5.41) is 6.09. The van der Waals surface area contributed by atoms with Crippen molar-refractivity contribution in [3.05, 3.63) is 78.0 Å². The van der Waals surface area contributed by atoms with Crippen LogP contribution in [0.5, 0.6) is 0 Å². The van der Waals surface area contributed by atoms with Crippen LogP contribution in [0.4, 0.5) is 23.3 Å². The number of pyridine rings is 2. The molecule has 9 nitrogen and oxygen atoms in total. The summed E-state index contributed by atoms with van der Waals surface area (Å²) in [6.45, 7) is 4.86. The number of fused-ring (bicyclic) bond motifs is 1. The van der Waals surface area contributed by atoms with Crippen LogP contribution < -0.4 is 15.5 Å². The number of hydrogen-bond acceptors (Lipinski definition) is 8. The van der Waals surface area contributed by atoms with Gasteiger partial charge >= 0.3 is 0 Å². The lowest BCUT2D eigenvalue weighted by Gasteiger charge is -2.28. The molecule has 34 heavy (non-hydrogen) atoms. The van der Waals surface area contributed by atoms with Crippen LogP contribution in [-0.2, 0) is 17.8 Å². The van der Waals surface area contributed by atoms with Crippen LogP contribution in [0.15, 0.2) is 61.2 Å². The van der Waals surface area contributed by atoms with Crippen LogP contribution in [0.25, 0.3) is 11.3 Å². The van der Waals surface area contributed by atoms with Gasteiger partial charge in [0.1, 0.15) is 6.33 Å². The Labute approximate surface area is 197 Å². The van der Waals surface area contributed by atoms with Gasteiger partial charge in [-0.15, -0.1) is 0 Å². The second kappa shape index (κ2) is 9.22. The van der Waals surface area contributed by atoms with Gasteiger partial charge in [-0.1, -0.05) is 12.1 Å². The fourth-order valence-electron chi connectivity index (χ4n) is 3.98. The quantitative estimate of drug-likeness (QED) is 0.469. The van der Waals surface area contributed by atoms with E-state index in [1.54, 1.807) is 6.20 Å². The molecule has 170 valence electrons. The molecule has 3 aromatic heterocycles. The number of rotatable bonds is 5. The molecular formula is C25H24N8O. The first kappa shape index (κ1) is 21.4. The lowest BCUT2D eigenvalue weighted by atomic mass is 10.0. The fourth-order valence-corrected chi connectivity index (χ4v) is 3.98. The Morgan fingerprint density at radius 2 is 1.91 bits per heavy atom. The molecule has 1 aliphatic rings. The van der Waals surface area contributed by atoms with Crippen molar-refractivity contribution in [1.29, 1.82) is 0 Å². The van der Waals surface area contributed by atoms with Crippen molar-refractivity contribution in [3.63, 3.8) is 0 Å². The summed E-state index contributed by atoms with van der Waals surface area (Å²) in [6.07, 6.45) is 5.90. The summed E-state index contributed by atoms with van der Waals surface area (Å²) in [5.74, 6) is 0.939. The third-order valence-corrected chi connectivity index (χ3v) is 5.74. The van der Waals surface area contributed by atoms with Gasteiger partial charge in [-0.2, -0.15) is 4.98 Å². The number of amides is 1. The summed E-state index contributed by atoms with van der Waals surface area (Å²) in [6, 6.07) is 13.7. The molecule has 2 N–H and O–H groups in total. The molecule has 0 spiro atoms. The predicted octanol–water partition coefficient (Wildman–Crippen LogP) is 3.90. The van der Waals surface area contributed by atoms with Crippen molar-refractivity contribution in [1.82, 2.24) is 24.9 Å². The predicted molar refractivity (Wildman–Crippen MR) is 131 cm³/mol. The third-order valence-electron chi connectivity index (χ3n) is 5.74. The van der Waals surface area contributed by atoms with E-state index in [2.05, 4.69) is 41.5 Å². The average Bonchev–Trinajstić information content (AvgIpc) is 2.86. The molecule has 0 bridgehead atoms. The minimum atomic E-state index is -0.116. The van der Waals surface area contributed by atoms with Gasteiger partial charge in [0.15, 0.2) is 0 Å². The van der Waals surface area contributed by atoms with Crippen molar-refractivity contribution in [2.24, 2.45) is 0 Å². The molecule has 4 heterocycles. The van der Waals surface area contributed by atoms with Gasteiger partial charge in [-0.3, -0.25) is 14.8 Å². The van der Waals surface area contributed by atoms with E-state index in [1.165, 1.54) is 13.3 Å². The zero-order valence-electron chi connectivity index (χ0n) is 19.0. The van der Waals surface area contributed by atoms with Crippen LogP contribution in [-0.4, -0.2) is 37.4 Å². The highest BCUT2D eigenvalue weighted by Gasteiger charge is 2.21. The van der Waals surface area contributed by atoms with Gasteiger partial charge in [0.25, 0.3) is 0 Å². The number of carbonyl (C=O) groups excluding carboxylic acids is 1. The zero-order chi connectivity index (χ0) is 23.5. The van der Waals surface area contributed by atoms with E-state index in [0.29, 0.717) is 18.4 Å². The van der Waals surface area contributed by atoms with Crippen molar-refractivity contribution in [2.45, 2.75) is 26.8 Å². The van der Waals surface area contributed by atoms with Crippen molar-refractivity contribution in [2.75, 3.05) is 22.1 Å². The number of hydrogen-bond donors (Lipinski definition) is 2. The first-order chi connectivity index (χ1) is 16.6. The topological polar surface area (TPSA) is 109 Å². The number of nitrogens with zero attached hydrogens (tertiary/aromatic N) is 6. The Morgan fingerprint density at radius 3 is 2.74 bits per heavy atom. The van der Waals surface area contributed by atoms with E-state index in [1.807, 2.05) is 49.5 Å². The van der Waals surface area contributed by atoms with Gasteiger partial charge in [0.2, 0.25) is 17.8 Å². The smallest absolute Gasteiger partial charge is 0.232 e. The lowest BCUT2D eigenvalue weighted by Crippen LogP contribution is -2.32. The summed E-state index contributed by atoms with van der Waals surface area (Å²) in [5.41, 5.74) is 6.67. The average molecular weight is 453 g/mol. The van der Waals surface area contributed by atoms with Crippen molar-refractivity contribution in [3.8, 4) is 11.3 Å². The van der Waals surface area contributed by atoms with E-state index in [9.17, 15) is 4.79 Å². The first-order valence-corrected chi connectivity index (χ1v) is 11.0. The minimum Gasteiger partial charge on any atom is -0.336 e.